The molecule has 1 aromatic heterocycles. The van der Waals surface area contributed by atoms with Crippen molar-refractivity contribution < 1.29 is 14.3 Å². The first-order valence-electron chi connectivity index (χ1n) is 9.55. The second-order valence-corrected chi connectivity index (χ2v) is 7.61. The number of benzene rings is 1. The van der Waals surface area contributed by atoms with E-state index in [0.29, 0.717) is 24.7 Å². The van der Waals surface area contributed by atoms with Crippen LogP contribution in [0, 0.1) is 11.8 Å². The molecule has 0 amide bonds. The molecule has 5 heteroatoms. The zero-order valence-electron chi connectivity index (χ0n) is 15.5. The highest BCUT2D eigenvalue weighted by molar-refractivity contribution is 6.24. The topological polar surface area (TPSA) is 62.4 Å². The first-order valence-corrected chi connectivity index (χ1v) is 9.55. The van der Waals surface area contributed by atoms with Gasteiger partial charge in [-0.2, -0.15) is 0 Å². The average molecular weight is 354 g/mol. The molecule has 5 nitrogen and oxygen atoms in total. The van der Waals surface area contributed by atoms with Crippen molar-refractivity contribution >= 4 is 23.0 Å². The Kier molecular flexibility index (Phi) is 4.57. The summed E-state index contributed by atoms with van der Waals surface area (Å²) in [5.74, 6) is 1.41. The van der Waals surface area contributed by atoms with Crippen molar-refractivity contribution in [3.63, 3.8) is 0 Å². The quantitative estimate of drug-likeness (QED) is 0.661. The van der Waals surface area contributed by atoms with Crippen LogP contribution in [0.15, 0.2) is 18.2 Å². The molecule has 0 bridgehead atoms. The third-order valence-corrected chi connectivity index (χ3v) is 6.35. The molecule has 0 radical (unpaired) electrons. The number of hydrogen-bond acceptors (Lipinski definition) is 4. The molecule has 0 unspecified atom stereocenters. The lowest BCUT2D eigenvalue weighted by Gasteiger charge is -2.46. The molecule has 0 saturated carbocycles. The summed E-state index contributed by atoms with van der Waals surface area (Å²) in [6.07, 6.45) is 3.86. The van der Waals surface area contributed by atoms with Crippen molar-refractivity contribution in [1.29, 1.82) is 0 Å². The third-order valence-electron chi connectivity index (χ3n) is 6.35. The number of H-pyrrole nitrogens is 1. The van der Waals surface area contributed by atoms with Gasteiger partial charge in [0.2, 0.25) is 0 Å². The van der Waals surface area contributed by atoms with Crippen LogP contribution in [0.1, 0.15) is 43.5 Å². The van der Waals surface area contributed by atoms with Gasteiger partial charge in [-0.1, -0.05) is 19.4 Å². The SMILES string of the molecule is CC[C@H]1CN2CCc3c([nH]c4cccc(OC)c34)[C@@H]2C[C@H]1CC(=O)C=O. The lowest BCUT2D eigenvalue weighted by atomic mass is 9.75. The van der Waals surface area contributed by atoms with Crippen LogP contribution in [0.4, 0.5) is 0 Å². The molecular formula is C21H26N2O3. The maximum absolute atomic E-state index is 11.8. The van der Waals surface area contributed by atoms with Gasteiger partial charge < -0.3 is 9.72 Å². The Morgan fingerprint density at radius 1 is 1.38 bits per heavy atom. The minimum atomic E-state index is -0.267. The second-order valence-electron chi connectivity index (χ2n) is 7.61. The fraction of sp³-hybridized carbons (Fsp3) is 0.524. The number of carbonyl (C=O) groups excluding carboxylic acids is 2. The van der Waals surface area contributed by atoms with E-state index >= 15 is 0 Å². The number of ketones is 1. The van der Waals surface area contributed by atoms with Crippen LogP contribution in [0.3, 0.4) is 0 Å². The zero-order chi connectivity index (χ0) is 18.3. The Labute approximate surface area is 153 Å². The number of piperidine rings is 1. The average Bonchev–Trinajstić information content (AvgIpc) is 3.06. The fourth-order valence-electron chi connectivity index (χ4n) is 5.04. The van der Waals surface area contributed by atoms with Crippen molar-refractivity contribution in [2.24, 2.45) is 11.8 Å². The summed E-state index contributed by atoms with van der Waals surface area (Å²) < 4.78 is 5.59. The Hall–Kier alpha value is -2.14. The number of aldehydes is 1. The van der Waals surface area contributed by atoms with E-state index in [1.165, 1.54) is 16.6 Å². The number of Topliss-reactive ketones (excluding diaryl/α,β-unsaturated/α-hetero) is 1. The summed E-state index contributed by atoms with van der Waals surface area (Å²) in [7, 11) is 1.72. The van der Waals surface area contributed by atoms with Crippen LogP contribution in [0.2, 0.25) is 0 Å². The molecule has 0 spiro atoms. The first kappa shape index (κ1) is 17.3. The van der Waals surface area contributed by atoms with Crippen molar-refractivity contribution in [3.05, 3.63) is 29.5 Å². The number of rotatable bonds is 5. The predicted octanol–water partition coefficient (Wildman–Crippen LogP) is 3.28. The molecule has 3 heterocycles. The largest absolute Gasteiger partial charge is 0.496 e. The van der Waals surface area contributed by atoms with Gasteiger partial charge in [0.15, 0.2) is 12.1 Å². The van der Waals surface area contributed by atoms with Crippen LogP contribution < -0.4 is 4.74 Å². The number of methoxy groups -OCH3 is 1. The summed E-state index contributed by atoms with van der Waals surface area (Å²) in [6.45, 7) is 4.23. The van der Waals surface area contributed by atoms with E-state index in [0.717, 1.165) is 43.6 Å². The summed E-state index contributed by atoms with van der Waals surface area (Å²) in [5.41, 5.74) is 3.75. The van der Waals surface area contributed by atoms with E-state index < -0.39 is 0 Å². The highest BCUT2D eigenvalue weighted by atomic mass is 16.5. The van der Waals surface area contributed by atoms with Gasteiger partial charge in [-0.25, -0.2) is 0 Å². The predicted molar refractivity (Wildman–Crippen MR) is 100 cm³/mol. The number of nitrogens with one attached hydrogen (secondary N) is 1. The summed E-state index contributed by atoms with van der Waals surface area (Å²) >= 11 is 0. The number of fused-ring (bicyclic) bond motifs is 5. The number of aromatic amines is 1. The molecule has 3 atom stereocenters. The molecule has 26 heavy (non-hydrogen) atoms. The minimum absolute atomic E-state index is 0.267. The first-order chi connectivity index (χ1) is 12.7. The summed E-state index contributed by atoms with van der Waals surface area (Å²) in [6, 6.07) is 6.43. The fourth-order valence-corrected chi connectivity index (χ4v) is 5.04. The summed E-state index contributed by atoms with van der Waals surface area (Å²) in [5, 5.41) is 1.20. The Morgan fingerprint density at radius 2 is 2.23 bits per heavy atom. The second kappa shape index (κ2) is 6.88. The standard InChI is InChI=1S/C21H26N2O3/c1-3-13-11-23-8-7-16-20-17(5-4-6-19(20)26-2)22-21(16)18(23)10-14(13)9-15(25)12-24/h4-6,12-14,18,22H,3,7-11H2,1-2H3/t13-,14+,18-/m0/s1. The highest BCUT2D eigenvalue weighted by Gasteiger charge is 2.40. The normalized spacial score (nSPS) is 25.5. The Morgan fingerprint density at radius 3 is 2.96 bits per heavy atom. The number of carbonyl (C=O) groups is 2. The van der Waals surface area contributed by atoms with Gasteiger partial charge in [0.1, 0.15) is 5.75 Å². The van der Waals surface area contributed by atoms with Crippen molar-refractivity contribution in [1.82, 2.24) is 9.88 Å². The van der Waals surface area contributed by atoms with Crippen molar-refractivity contribution in [2.45, 2.75) is 38.6 Å². The van der Waals surface area contributed by atoms with Gasteiger partial charge in [-0.3, -0.25) is 14.5 Å². The van der Waals surface area contributed by atoms with Gasteiger partial charge in [0.25, 0.3) is 0 Å². The van der Waals surface area contributed by atoms with Gasteiger partial charge in [-0.05, 0) is 42.4 Å². The number of hydrogen-bond donors (Lipinski definition) is 1. The van der Waals surface area contributed by atoms with Crippen molar-refractivity contribution in [2.75, 3.05) is 20.2 Å². The lowest BCUT2D eigenvalue weighted by molar-refractivity contribution is -0.131. The molecule has 1 aromatic carbocycles. The van der Waals surface area contributed by atoms with E-state index in [1.54, 1.807) is 7.11 Å². The van der Waals surface area contributed by atoms with Crippen LogP contribution in [0.5, 0.6) is 5.75 Å². The molecular weight excluding hydrogens is 328 g/mol. The molecule has 2 aliphatic rings. The maximum atomic E-state index is 11.8. The Bertz CT molecular complexity index is 841. The number of ether oxygens (including phenoxy) is 1. The van der Waals surface area contributed by atoms with Crippen LogP contribution in [-0.4, -0.2) is 42.2 Å². The van der Waals surface area contributed by atoms with Gasteiger partial charge >= 0.3 is 0 Å². The van der Waals surface area contributed by atoms with Crippen LogP contribution in [-0.2, 0) is 16.0 Å². The molecule has 2 aliphatic heterocycles. The number of aromatic nitrogens is 1. The zero-order valence-corrected chi connectivity index (χ0v) is 15.5. The van der Waals surface area contributed by atoms with Crippen molar-refractivity contribution in [3.8, 4) is 5.75 Å². The molecule has 4 rings (SSSR count). The van der Waals surface area contributed by atoms with Crippen LogP contribution in [0.25, 0.3) is 10.9 Å². The van der Waals surface area contributed by atoms with E-state index in [-0.39, 0.29) is 11.7 Å². The molecule has 1 N–H and O–H groups in total. The van der Waals surface area contributed by atoms with Crippen LogP contribution >= 0.6 is 0 Å². The molecule has 138 valence electrons. The summed E-state index contributed by atoms with van der Waals surface area (Å²) in [4.78, 5) is 28.8. The lowest BCUT2D eigenvalue weighted by Crippen LogP contribution is -2.46. The highest BCUT2D eigenvalue weighted by Crippen LogP contribution is 2.45. The molecule has 0 aliphatic carbocycles. The number of nitrogens with zero attached hydrogens (tertiary/aromatic N) is 1. The maximum Gasteiger partial charge on any atom is 0.195 e. The third kappa shape index (κ3) is 2.75. The van der Waals surface area contributed by atoms with Gasteiger partial charge in [0.05, 0.1) is 13.2 Å². The monoisotopic (exact) mass is 354 g/mol. The minimum Gasteiger partial charge on any atom is -0.496 e. The molecule has 1 saturated heterocycles. The molecule has 2 aromatic rings. The Balaban J connectivity index is 1.72. The molecule has 1 fully saturated rings. The smallest absolute Gasteiger partial charge is 0.195 e. The van der Waals surface area contributed by atoms with E-state index in [2.05, 4.69) is 22.9 Å². The van der Waals surface area contributed by atoms with Gasteiger partial charge in [-0.15, -0.1) is 0 Å². The van der Waals surface area contributed by atoms with E-state index in [9.17, 15) is 9.59 Å². The van der Waals surface area contributed by atoms with E-state index in [1.807, 2.05) is 12.1 Å². The van der Waals surface area contributed by atoms with Gasteiger partial charge in [0, 0.05) is 36.1 Å². The van der Waals surface area contributed by atoms with E-state index in [4.69, 9.17) is 4.74 Å².